The van der Waals surface area contributed by atoms with Crippen LogP contribution >= 0.6 is 23.1 Å². The number of thiophene rings is 1. The molecular formula is C7H8O2S2. The molecule has 1 aromatic rings. The summed E-state index contributed by atoms with van der Waals surface area (Å²) < 4.78 is 4.97. The molecule has 11 heavy (non-hydrogen) atoms. The number of hydrogen-bond acceptors (Lipinski definition) is 4. The molecule has 0 aliphatic heterocycles. The first-order chi connectivity index (χ1) is 5.24. The van der Waals surface area contributed by atoms with Crippen LogP contribution in [0.2, 0.25) is 0 Å². The van der Waals surface area contributed by atoms with Gasteiger partial charge < -0.3 is 4.74 Å². The lowest BCUT2D eigenvalue weighted by Crippen LogP contribution is -1.98. The van der Waals surface area contributed by atoms with Crippen LogP contribution < -0.4 is 4.74 Å². The quantitative estimate of drug-likeness (QED) is 0.634. The lowest BCUT2D eigenvalue weighted by molar-refractivity contribution is 0.227. The van der Waals surface area contributed by atoms with E-state index < -0.39 is 0 Å². The van der Waals surface area contributed by atoms with E-state index in [2.05, 4.69) is 0 Å². The van der Waals surface area contributed by atoms with Gasteiger partial charge >= 0.3 is 5.30 Å². The molecule has 0 atom stereocenters. The minimum absolute atomic E-state index is 0.258. The Balaban J connectivity index is 2.64. The molecule has 0 bridgehead atoms. The number of carbonyl (C=O) groups excluding carboxylic acids is 1. The number of carbonyl (C=O) groups is 1. The highest BCUT2D eigenvalue weighted by Crippen LogP contribution is 2.24. The Kier molecular flexibility index (Phi) is 2.96. The Hall–Kier alpha value is -0.480. The molecule has 0 aromatic carbocycles. The second-order valence-corrected chi connectivity index (χ2v) is 3.76. The fraction of sp³-hybridized carbons (Fsp3) is 0.286. The molecule has 1 rings (SSSR count). The largest absolute Gasteiger partial charge is 0.417 e. The average molecular weight is 188 g/mol. The summed E-state index contributed by atoms with van der Waals surface area (Å²) in [6.07, 6.45) is 1.70. The minimum atomic E-state index is -0.258. The minimum Gasteiger partial charge on any atom is -0.417 e. The van der Waals surface area contributed by atoms with Gasteiger partial charge in [0.2, 0.25) is 0 Å². The van der Waals surface area contributed by atoms with Gasteiger partial charge in [0, 0.05) is 4.88 Å². The summed E-state index contributed by atoms with van der Waals surface area (Å²) in [6, 6.07) is 1.80. The van der Waals surface area contributed by atoms with Crippen molar-refractivity contribution in [3.63, 3.8) is 0 Å². The van der Waals surface area contributed by atoms with Crippen LogP contribution in [0.25, 0.3) is 0 Å². The maximum Gasteiger partial charge on any atom is 0.372 e. The second-order valence-electron chi connectivity index (χ2n) is 1.90. The van der Waals surface area contributed by atoms with Crippen molar-refractivity contribution < 1.29 is 9.53 Å². The molecule has 0 spiro atoms. The lowest BCUT2D eigenvalue weighted by atomic mass is 10.5. The van der Waals surface area contributed by atoms with Gasteiger partial charge in [-0.1, -0.05) is 0 Å². The Bertz CT molecular complexity index is 255. The Morgan fingerprint density at radius 2 is 2.45 bits per heavy atom. The zero-order chi connectivity index (χ0) is 8.27. The molecule has 0 fully saturated rings. The first kappa shape index (κ1) is 8.62. The molecule has 1 heterocycles. The van der Waals surface area contributed by atoms with E-state index in [9.17, 15) is 4.79 Å². The van der Waals surface area contributed by atoms with Gasteiger partial charge in [-0.3, -0.25) is 0 Å². The molecule has 0 unspecified atom stereocenters. The van der Waals surface area contributed by atoms with Crippen molar-refractivity contribution in [1.29, 1.82) is 0 Å². The van der Waals surface area contributed by atoms with E-state index in [4.69, 9.17) is 4.74 Å². The van der Waals surface area contributed by atoms with Crippen molar-refractivity contribution >= 4 is 28.4 Å². The highest BCUT2D eigenvalue weighted by atomic mass is 32.2. The molecule has 0 aliphatic carbocycles. The predicted octanol–water partition coefficient (Wildman–Crippen LogP) is 2.92. The maximum atomic E-state index is 10.8. The fourth-order valence-electron chi connectivity index (χ4n) is 0.611. The summed E-state index contributed by atoms with van der Waals surface area (Å²) >= 11 is 2.65. The van der Waals surface area contributed by atoms with Crippen molar-refractivity contribution in [2.45, 2.75) is 6.92 Å². The molecule has 2 nitrogen and oxygen atoms in total. The molecular weight excluding hydrogens is 180 g/mol. The summed E-state index contributed by atoms with van der Waals surface area (Å²) in [5, 5.41) is 1.64. The van der Waals surface area contributed by atoms with E-state index in [0.29, 0.717) is 5.75 Å². The van der Waals surface area contributed by atoms with Crippen LogP contribution in [0.3, 0.4) is 0 Å². The lowest BCUT2D eigenvalue weighted by Gasteiger charge is -1.98. The molecule has 0 saturated carbocycles. The SMILES string of the molecule is CSC(=O)Oc1ccsc1C. The molecule has 0 aliphatic rings. The van der Waals surface area contributed by atoms with Crippen LogP contribution in [0.5, 0.6) is 5.75 Å². The zero-order valence-electron chi connectivity index (χ0n) is 6.29. The summed E-state index contributed by atoms with van der Waals surface area (Å²) in [6.45, 7) is 1.92. The second kappa shape index (κ2) is 3.78. The average Bonchev–Trinajstić information content (AvgIpc) is 2.37. The van der Waals surface area contributed by atoms with Crippen molar-refractivity contribution in [1.82, 2.24) is 0 Å². The van der Waals surface area contributed by atoms with Gasteiger partial charge in [-0.15, -0.1) is 11.3 Å². The summed E-state index contributed by atoms with van der Waals surface area (Å²) in [4.78, 5) is 11.8. The number of thioether (sulfide) groups is 1. The standard InChI is InChI=1S/C7H8O2S2/c1-5-6(3-4-11-5)9-7(8)10-2/h3-4H,1-2H3. The summed E-state index contributed by atoms with van der Waals surface area (Å²) in [5.74, 6) is 0.675. The van der Waals surface area contributed by atoms with Gasteiger partial charge in [-0.05, 0) is 36.4 Å². The van der Waals surface area contributed by atoms with Crippen molar-refractivity contribution in [3.05, 3.63) is 16.3 Å². The number of ether oxygens (including phenoxy) is 1. The van der Waals surface area contributed by atoms with E-state index in [1.807, 2.05) is 12.3 Å². The fourth-order valence-corrected chi connectivity index (χ4v) is 1.41. The van der Waals surface area contributed by atoms with Crippen LogP contribution in [0.4, 0.5) is 4.79 Å². The third kappa shape index (κ3) is 2.24. The predicted molar refractivity (Wildman–Crippen MR) is 48.6 cm³/mol. The van der Waals surface area contributed by atoms with E-state index in [0.717, 1.165) is 16.6 Å². The van der Waals surface area contributed by atoms with Gasteiger partial charge in [0.15, 0.2) is 0 Å². The number of rotatable bonds is 1. The van der Waals surface area contributed by atoms with Crippen LogP contribution in [-0.4, -0.2) is 11.6 Å². The van der Waals surface area contributed by atoms with Crippen LogP contribution in [0.15, 0.2) is 11.4 Å². The van der Waals surface area contributed by atoms with E-state index in [1.165, 1.54) is 0 Å². The Morgan fingerprint density at radius 3 is 2.91 bits per heavy atom. The summed E-state index contributed by atoms with van der Waals surface area (Å²) in [5.41, 5.74) is 0. The van der Waals surface area contributed by atoms with E-state index in [-0.39, 0.29) is 5.30 Å². The summed E-state index contributed by atoms with van der Waals surface area (Å²) in [7, 11) is 0. The molecule has 0 radical (unpaired) electrons. The van der Waals surface area contributed by atoms with Gasteiger partial charge in [0.25, 0.3) is 0 Å². The smallest absolute Gasteiger partial charge is 0.372 e. The zero-order valence-corrected chi connectivity index (χ0v) is 7.92. The van der Waals surface area contributed by atoms with E-state index in [1.54, 1.807) is 23.7 Å². The van der Waals surface area contributed by atoms with Crippen molar-refractivity contribution in [2.24, 2.45) is 0 Å². The van der Waals surface area contributed by atoms with Gasteiger partial charge in [0.1, 0.15) is 5.75 Å². The third-order valence-corrected chi connectivity index (χ3v) is 2.41. The van der Waals surface area contributed by atoms with Crippen LogP contribution in [0, 0.1) is 6.92 Å². The molecule has 0 saturated heterocycles. The molecule has 4 heteroatoms. The molecule has 0 amide bonds. The monoisotopic (exact) mass is 188 g/mol. The first-order valence-corrected chi connectivity index (χ1v) is 5.14. The third-order valence-electron chi connectivity index (χ3n) is 1.17. The topological polar surface area (TPSA) is 26.3 Å². The van der Waals surface area contributed by atoms with Gasteiger partial charge in [0.05, 0.1) is 0 Å². The molecule has 60 valence electrons. The molecule has 0 N–H and O–H groups in total. The highest BCUT2D eigenvalue weighted by molar-refractivity contribution is 8.12. The van der Waals surface area contributed by atoms with E-state index >= 15 is 0 Å². The van der Waals surface area contributed by atoms with Crippen molar-refractivity contribution in [2.75, 3.05) is 6.26 Å². The highest BCUT2D eigenvalue weighted by Gasteiger charge is 2.05. The van der Waals surface area contributed by atoms with Gasteiger partial charge in [-0.25, -0.2) is 4.79 Å². The van der Waals surface area contributed by atoms with Crippen molar-refractivity contribution in [3.8, 4) is 5.75 Å². The maximum absolute atomic E-state index is 10.8. The Morgan fingerprint density at radius 1 is 1.73 bits per heavy atom. The number of hydrogen-bond donors (Lipinski definition) is 0. The van der Waals surface area contributed by atoms with Crippen LogP contribution in [-0.2, 0) is 0 Å². The van der Waals surface area contributed by atoms with Gasteiger partial charge in [-0.2, -0.15) is 0 Å². The normalized spacial score (nSPS) is 9.64. The Labute approximate surface area is 73.6 Å². The molecule has 1 aromatic heterocycles. The van der Waals surface area contributed by atoms with Crippen LogP contribution in [0.1, 0.15) is 4.88 Å². The first-order valence-electron chi connectivity index (χ1n) is 3.04. The number of aryl methyl sites for hydroxylation is 1.